The molecular formula is C8H9BrO. The third kappa shape index (κ3) is 1.74. The van der Waals surface area contributed by atoms with Gasteiger partial charge in [0.15, 0.2) is 0 Å². The lowest BCUT2D eigenvalue weighted by Gasteiger charge is -1.91. The normalized spacial score (nSPS) is 9.70. The van der Waals surface area contributed by atoms with Crippen LogP contribution in [0.5, 0.6) is 0 Å². The molecule has 0 saturated carbocycles. The summed E-state index contributed by atoms with van der Waals surface area (Å²) in [6.07, 6.45) is 5.46. The number of halogens is 1. The highest BCUT2D eigenvalue weighted by Crippen LogP contribution is 2.18. The summed E-state index contributed by atoms with van der Waals surface area (Å²) >= 11 is 3.37. The lowest BCUT2D eigenvalue weighted by Crippen LogP contribution is -1.78. The average Bonchev–Trinajstić information content (AvgIpc) is 2.31. The van der Waals surface area contributed by atoms with Gasteiger partial charge in [0.2, 0.25) is 0 Å². The van der Waals surface area contributed by atoms with Crippen LogP contribution in [0.2, 0.25) is 0 Å². The van der Waals surface area contributed by atoms with E-state index in [-0.39, 0.29) is 0 Å². The van der Waals surface area contributed by atoms with Crippen LogP contribution in [-0.4, -0.2) is 0 Å². The predicted octanol–water partition coefficient (Wildman–Crippen LogP) is 3.16. The number of rotatable bonds is 3. The van der Waals surface area contributed by atoms with E-state index in [1.54, 1.807) is 6.26 Å². The second-order valence-corrected chi connectivity index (χ2v) is 2.87. The summed E-state index contributed by atoms with van der Waals surface area (Å²) in [5.74, 6) is 1.000. The van der Waals surface area contributed by atoms with E-state index in [0.717, 1.165) is 23.1 Å². The van der Waals surface area contributed by atoms with Crippen molar-refractivity contribution in [2.45, 2.75) is 12.8 Å². The average molecular weight is 201 g/mol. The summed E-state index contributed by atoms with van der Waals surface area (Å²) in [4.78, 5) is 0. The summed E-state index contributed by atoms with van der Waals surface area (Å²) in [7, 11) is 0. The van der Waals surface area contributed by atoms with Crippen molar-refractivity contribution in [2.75, 3.05) is 0 Å². The Bertz CT molecular complexity index is 215. The van der Waals surface area contributed by atoms with Crippen LogP contribution in [0, 0.1) is 0 Å². The van der Waals surface area contributed by atoms with Gasteiger partial charge in [-0.15, -0.1) is 6.58 Å². The monoisotopic (exact) mass is 200 g/mol. The van der Waals surface area contributed by atoms with Crippen molar-refractivity contribution in [3.8, 4) is 0 Å². The molecule has 0 aliphatic rings. The molecule has 0 atom stereocenters. The number of allylic oxidation sites excluding steroid dienone is 1. The molecule has 0 radical (unpaired) electrons. The standard InChI is InChI=1S/C8H9BrO/c1-2-3-4-8-7(9)5-6-10-8/h2,5-6H,1,3-4H2. The van der Waals surface area contributed by atoms with Crippen LogP contribution in [0.1, 0.15) is 12.2 Å². The predicted molar refractivity (Wildman–Crippen MR) is 44.9 cm³/mol. The topological polar surface area (TPSA) is 13.1 Å². The largest absolute Gasteiger partial charge is 0.468 e. The van der Waals surface area contributed by atoms with Gasteiger partial charge >= 0.3 is 0 Å². The van der Waals surface area contributed by atoms with E-state index < -0.39 is 0 Å². The maximum atomic E-state index is 5.17. The molecule has 1 nitrogen and oxygen atoms in total. The first kappa shape index (κ1) is 7.61. The molecule has 0 aliphatic carbocycles. The molecule has 0 aromatic carbocycles. The zero-order chi connectivity index (χ0) is 7.40. The molecule has 0 spiro atoms. The summed E-state index contributed by atoms with van der Waals surface area (Å²) in [6, 6.07) is 1.90. The molecule has 0 N–H and O–H groups in total. The number of furan rings is 1. The van der Waals surface area contributed by atoms with Crippen LogP contribution in [0.4, 0.5) is 0 Å². The zero-order valence-electron chi connectivity index (χ0n) is 5.64. The number of hydrogen-bond donors (Lipinski definition) is 0. The highest BCUT2D eigenvalue weighted by Gasteiger charge is 1.99. The first-order valence-electron chi connectivity index (χ1n) is 3.17. The van der Waals surface area contributed by atoms with E-state index in [0.29, 0.717) is 0 Å². The smallest absolute Gasteiger partial charge is 0.118 e. The lowest BCUT2D eigenvalue weighted by atomic mass is 10.2. The van der Waals surface area contributed by atoms with E-state index >= 15 is 0 Å². The first-order valence-corrected chi connectivity index (χ1v) is 3.96. The Morgan fingerprint density at radius 2 is 2.50 bits per heavy atom. The van der Waals surface area contributed by atoms with E-state index in [1.807, 2.05) is 12.1 Å². The highest BCUT2D eigenvalue weighted by molar-refractivity contribution is 9.10. The summed E-state index contributed by atoms with van der Waals surface area (Å²) in [5.41, 5.74) is 0. The fraction of sp³-hybridized carbons (Fsp3) is 0.250. The van der Waals surface area contributed by atoms with E-state index in [2.05, 4.69) is 22.5 Å². The van der Waals surface area contributed by atoms with Crippen LogP contribution < -0.4 is 0 Å². The quantitative estimate of drug-likeness (QED) is 0.684. The summed E-state index contributed by atoms with van der Waals surface area (Å²) in [5, 5.41) is 0. The molecule has 1 aromatic heterocycles. The maximum Gasteiger partial charge on any atom is 0.118 e. The molecule has 0 amide bonds. The third-order valence-electron chi connectivity index (χ3n) is 1.27. The minimum absolute atomic E-state index is 0.928. The van der Waals surface area contributed by atoms with Crippen LogP contribution >= 0.6 is 15.9 Å². The molecule has 54 valence electrons. The molecule has 0 aliphatic heterocycles. The van der Waals surface area contributed by atoms with Gasteiger partial charge in [0.1, 0.15) is 5.76 Å². The molecule has 0 unspecified atom stereocenters. The number of aryl methyl sites for hydroxylation is 1. The van der Waals surface area contributed by atoms with Crippen molar-refractivity contribution in [1.82, 2.24) is 0 Å². The minimum Gasteiger partial charge on any atom is -0.468 e. The van der Waals surface area contributed by atoms with Crippen molar-refractivity contribution >= 4 is 15.9 Å². The second kappa shape index (κ2) is 3.62. The Kier molecular flexibility index (Phi) is 2.75. The molecule has 0 saturated heterocycles. The van der Waals surface area contributed by atoms with Crippen molar-refractivity contribution in [3.05, 3.63) is 35.2 Å². The molecule has 2 heteroatoms. The van der Waals surface area contributed by atoms with Crippen LogP contribution in [0.25, 0.3) is 0 Å². The molecule has 10 heavy (non-hydrogen) atoms. The molecular weight excluding hydrogens is 192 g/mol. The first-order chi connectivity index (χ1) is 4.84. The minimum atomic E-state index is 0.928. The Balaban J connectivity index is 2.56. The Hall–Kier alpha value is -0.500. The second-order valence-electron chi connectivity index (χ2n) is 2.02. The van der Waals surface area contributed by atoms with Crippen LogP contribution in [-0.2, 0) is 6.42 Å². The van der Waals surface area contributed by atoms with Crippen molar-refractivity contribution in [3.63, 3.8) is 0 Å². The van der Waals surface area contributed by atoms with Gasteiger partial charge in [-0.3, -0.25) is 0 Å². The number of hydrogen-bond acceptors (Lipinski definition) is 1. The van der Waals surface area contributed by atoms with Crippen LogP contribution in [0.15, 0.2) is 33.9 Å². The van der Waals surface area contributed by atoms with Gasteiger partial charge in [-0.25, -0.2) is 0 Å². The highest BCUT2D eigenvalue weighted by atomic mass is 79.9. The lowest BCUT2D eigenvalue weighted by molar-refractivity contribution is 0.508. The SMILES string of the molecule is C=CCCc1occc1Br. The molecule has 1 aromatic rings. The Morgan fingerprint density at radius 3 is 3.00 bits per heavy atom. The fourth-order valence-electron chi connectivity index (χ4n) is 0.737. The molecule has 1 heterocycles. The summed E-state index contributed by atoms with van der Waals surface area (Å²) in [6.45, 7) is 3.63. The maximum absolute atomic E-state index is 5.17. The van der Waals surface area contributed by atoms with Gasteiger partial charge in [-0.2, -0.15) is 0 Å². The molecule has 0 fully saturated rings. The zero-order valence-corrected chi connectivity index (χ0v) is 7.23. The van der Waals surface area contributed by atoms with Crippen molar-refractivity contribution in [2.24, 2.45) is 0 Å². The van der Waals surface area contributed by atoms with Gasteiger partial charge in [0.25, 0.3) is 0 Å². The Morgan fingerprint density at radius 1 is 1.70 bits per heavy atom. The van der Waals surface area contributed by atoms with Gasteiger partial charge in [0, 0.05) is 6.42 Å². The summed E-state index contributed by atoms with van der Waals surface area (Å²) < 4.78 is 6.22. The van der Waals surface area contributed by atoms with Gasteiger partial charge in [0.05, 0.1) is 10.7 Å². The van der Waals surface area contributed by atoms with Crippen molar-refractivity contribution in [1.29, 1.82) is 0 Å². The molecule has 1 rings (SSSR count). The van der Waals surface area contributed by atoms with Gasteiger partial charge < -0.3 is 4.42 Å². The van der Waals surface area contributed by atoms with Gasteiger partial charge in [-0.05, 0) is 28.4 Å². The van der Waals surface area contributed by atoms with Crippen molar-refractivity contribution < 1.29 is 4.42 Å². The van der Waals surface area contributed by atoms with Gasteiger partial charge in [-0.1, -0.05) is 6.08 Å². The van der Waals surface area contributed by atoms with E-state index in [1.165, 1.54) is 0 Å². The van der Waals surface area contributed by atoms with E-state index in [4.69, 9.17) is 4.42 Å². The fourth-order valence-corrected chi connectivity index (χ4v) is 1.14. The Labute approximate surface area is 68.9 Å². The van der Waals surface area contributed by atoms with Crippen LogP contribution in [0.3, 0.4) is 0 Å². The third-order valence-corrected chi connectivity index (χ3v) is 1.97. The molecule has 0 bridgehead atoms. The van der Waals surface area contributed by atoms with E-state index in [9.17, 15) is 0 Å².